The molecule has 2 aromatic carbocycles. The lowest BCUT2D eigenvalue weighted by molar-refractivity contribution is -0.118. The van der Waals surface area contributed by atoms with E-state index in [1.165, 1.54) is 0 Å². The first-order valence-electron chi connectivity index (χ1n) is 9.57. The van der Waals surface area contributed by atoms with Gasteiger partial charge in [0, 0.05) is 14.6 Å². The van der Waals surface area contributed by atoms with Crippen molar-refractivity contribution < 1.29 is 27.0 Å². The van der Waals surface area contributed by atoms with Gasteiger partial charge in [-0.15, -0.1) is 0 Å². The number of aromatic carboxylic acids is 1. The Balaban J connectivity index is 0.00000144. The summed E-state index contributed by atoms with van der Waals surface area (Å²) in [5.41, 5.74) is 1.77. The Morgan fingerprint density at radius 3 is 2.57 bits per heavy atom. The van der Waals surface area contributed by atoms with Gasteiger partial charge in [0.2, 0.25) is 12.7 Å². The van der Waals surface area contributed by atoms with Crippen LogP contribution in [0.4, 0.5) is 5.82 Å². The van der Waals surface area contributed by atoms with E-state index in [1.54, 1.807) is 42.6 Å². The molecule has 154 valence electrons. The summed E-state index contributed by atoms with van der Waals surface area (Å²) >= 11 is 0. The number of benzene rings is 2. The number of carboxylic acid groups (broad SMARTS) is 1. The van der Waals surface area contributed by atoms with Crippen molar-refractivity contribution >= 4 is 17.7 Å². The molecular formula is C23H22N2O5. The SMILES string of the molecule is O=C(O)c1ccccc1-c1ccc(NC(=O)C2(c3ccc4c(c3)OCO4)CC2)nc1.[HH].[HH]. The smallest absolute Gasteiger partial charge is 0.336 e. The molecule has 5 rings (SSSR count). The summed E-state index contributed by atoms with van der Waals surface area (Å²) in [6.07, 6.45) is 3.07. The van der Waals surface area contributed by atoms with Crippen molar-refractivity contribution in [3.8, 4) is 22.6 Å². The Morgan fingerprint density at radius 2 is 1.83 bits per heavy atom. The number of hydrogen-bond donors (Lipinski definition) is 2. The molecule has 2 heterocycles. The minimum Gasteiger partial charge on any atom is -0.478 e. The maximum Gasteiger partial charge on any atom is 0.336 e. The minimum absolute atomic E-state index is 0. The Labute approximate surface area is 175 Å². The van der Waals surface area contributed by atoms with Gasteiger partial charge < -0.3 is 19.9 Å². The van der Waals surface area contributed by atoms with Gasteiger partial charge in [-0.05, 0) is 54.3 Å². The van der Waals surface area contributed by atoms with Gasteiger partial charge in [-0.1, -0.05) is 24.3 Å². The van der Waals surface area contributed by atoms with E-state index in [2.05, 4.69) is 10.3 Å². The average molecular weight is 406 g/mol. The number of carbonyl (C=O) groups is 2. The zero-order valence-electron chi connectivity index (χ0n) is 15.9. The molecule has 1 fully saturated rings. The van der Waals surface area contributed by atoms with Crippen LogP contribution in [-0.2, 0) is 10.2 Å². The van der Waals surface area contributed by atoms with Crippen molar-refractivity contribution in [2.45, 2.75) is 18.3 Å². The Bertz CT molecular complexity index is 1160. The van der Waals surface area contributed by atoms with Crippen LogP contribution in [0.15, 0.2) is 60.8 Å². The Morgan fingerprint density at radius 1 is 1.03 bits per heavy atom. The summed E-state index contributed by atoms with van der Waals surface area (Å²) in [5.74, 6) is 0.651. The van der Waals surface area contributed by atoms with Gasteiger partial charge in [0.1, 0.15) is 5.82 Å². The standard InChI is InChI=1S/C23H18N2O5.2H2/c26-21(27)17-4-2-1-3-16(17)14-5-8-20(24-12-14)25-22(28)23(9-10-23)15-6-7-18-19(11-15)30-13-29-18;;/h1-8,11-12H,9-10,13H2,(H,26,27)(H,24,25,28);2*1H. The molecule has 0 atom stereocenters. The predicted molar refractivity (Wildman–Crippen MR) is 113 cm³/mol. The quantitative estimate of drug-likeness (QED) is 0.654. The third kappa shape index (κ3) is 3.04. The molecule has 3 aromatic rings. The number of nitrogens with one attached hydrogen (secondary N) is 1. The van der Waals surface area contributed by atoms with Crippen LogP contribution in [-0.4, -0.2) is 28.8 Å². The maximum absolute atomic E-state index is 13.0. The predicted octanol–water partition coefficient (Wildman–Crippen LogP) is 4.34. The number of nitrogens with zero attached hydrogens (tertiary/aromatic N) is 1. The van der Waals surface area contributed by atoms with Gasteiger partial charge in [0.05, 0.1) is 11.0 Å². The van der Waals surface area contributed by atoms with E-state index >= 15 is 0 Å². The number of aromatic nitrogens is 1. The molecule has 30 heavy (non-hydrogen) atoms. The molecule has 1 aromatic heterocycles. The van der Waals surface area contributed by atoms with E-state index in [9.17, 15) is 14.7 Å². The molecule has 0 saturated heterocycles. The fourth-order valence-electron chi connectivity index (χ4n) is 3.75. The molecule has 0 bridgehead atoms. The normalized spacial score (nSPS) is 15.5. The summed E-state index contributed by atoms with van der Waals surface area (Å²) in [4.78, 5) is 28.7. The van der Waals surface area contributed by atoms with E-state index in [0.717, 1.165) is 18.4 Å². The fraction of sp³-hybridized carbons (Fsp3) is 0.174. The molecule has 1 amide bonds. The van der Waals surface area contributed by atoms with Crippen LogP contribution in [0.3, 0.4) is 0 Å². The summed E-state index contributed by atoms with van der Waals surface area (Å²) in [6.45, 7) is 0.194. The van der Waals surface area contributed by atoms with Crippen molar-refractivity contribution in [3.63, 3.8) is 0 Å². The first-order valence-corrected chi connectivity index (χ1v) is 9.57. The van der Waals surface area contributed by atoms with Crippen molar-refractivity contribution in [1.82, 2.24) is 4.98 Å². The lowest BCUT2D eigenvalue weighted by Gasteiger charge is -2.16. The molecule has 2 aliphatic rings. The second kappa shape index (κ2) is 6.88. The van der Waals surface area contributed by atoms with E-state index in [-0.39, 0.29) is 21.1 Å². The summed E-state index contributed by atoms with van der Waals surface area (Å²) in [5, 5.41) is 12.3. The lowest BCUT2D eigenvalue weighted by Crippen LogP contribution is -2.28. The number of carbonyl (C=O) groups excluding carboxylic acids is 1. The number of pyridine rings is 1. The number of rotatable bonds is 5. The molecular weight excluding hydrogens is 384 g/mol. The maximum atomic E-state index is 13.0. The topological polar surface area (TPSA) is 97.8 Å². The van der Waals surface area contributed by atoms with Crippen LogP contribution in [0.2, 0.25) is 0 Å². The van der Waals surface area contributed by atoms with Gasteiger partial charge in [-0.3, -0.25) is 4.79 Å². The van der Waals surface area contributed by atoms with Crippen LogP contribution in [0.25, 0.3) is 11.1 Å². The first-order chi connectivity index (χ1) is 14.6. The van der Waals surface area contributed by atoms with E-state index in [4.69, 9.17) is 9.47 Å². The highest BCUT2D eigenvalue weighted by Crippen LogP contribution is 2.51. The van der Waals surface area contributed by atoms with Crippen molar-refractivity contribution in [2.75, 3.05) is 12.1 Å². The summed E-state index contributed by atoms with van der Waals surface area (Å²) < 4.78 is 10.8. The van der Waals surface area contributed by atoms with Crippen LogP contribution in [0.1, 0.15) is 31.6 Å². The summed E-state index contributed by atoms with van der Waals surface area (Å²) in [6, 6.07) is 15.8. The average Bonchev–Trinajstić information content (AvgIpc) is 3.45. The van der Waals surface area contributed by atoms with Crippen molar-refractivity contribution in [1.29, 1.82) is 0 Å². The lowest BCUT2D eigenvalue weighted by atomic mass is 9.94. The first kappa shape index (κ1) is 18.2. The highest BCUT2D eigenvalue weighted by Gasteiger charge is 2.51. The Hall–Kier alpha value is -3.87. The molecule has 2 N–H and O–H groups in total. The fourth-order valence-corrected chi connectivity index (χ4v) is 3.75. The zero-order chi connectivity index (χ0) is 20.7. The second-order valence-corrected chi connectivity index (χ2v) is 7.39. The van der Waals surface area contributed by atoms with Gasteiger partial charge in [0.25, 0.3) is 0 Å². The molecule has 0 spiro atoms. The number of hydrogen-bond acceptors (Lipinski definition) is 5. The van der Waals surface area contributed by atoms with Gasteiger partial charge in [-0.2, -0.15) is 0 Å². The molecule has 0 unspecified atom stereocenters. The molecule has 7 heteroatoms. The number of amides is 1. The number of carboxylic acids is 1. The molecule has 0 radical (unpaired) electrons. The monoisotopic (exact) mass is 406 g/mol. The molecule has 1 aliphatic heterocycles. The van der Waals surface area contributed by atoms with Crippen molar-refractivity contribution in [2.24, 2.45) is 0 Å². The van der Waals surface area contributed by atoms with Gasteiger partial charge >= 0.3 is 5.97 Å². The number of ether oxygens (including phenoxy) is 2. The molecule has 7 nitrogen and oxygen atoms in total. The Kier molecular flexibility index (Phi) is 4.17. The third-order valence-corrected chi connectivity index (χ3v) is 5.58. The van der Waals surface area contributed by atoms with Gasteiger partial charge in [-0.25, -0.2) is 9.78 Å². The van der Waals surface area contributed by atoms with Crippen LogP contribution in [0.5, 0.6) is 11.5 Å². The number of anilines is 1. The minimum atomic E-state index is -0.998. The van der Waals surface area contributed by atoms with E-state index < -0.39 is 11.4 Å². The molecule has 1 saturated carbocycles. The van der Waals surface area contributed by atoms with Crippen LogP contribution >= 0.6 is 0 Å². The van der Waals surface area contributed by atoms with Crippen LogP contribution < -0.4 is 14.8 Å². The largest absolute Gasteiger partial charge is 0.478 e. The zero-order valence-corrected chi connectivity index (χ0v) is 15.9. The second-order valence-electron chi connectivity index (χ2n) is 7.39. The third-order valence-electron chi connectivity index (χ3n) is 5.58. The van der Waals surface area contributed by atoms with E-state index in [1.807, 2.05) is 18.2 Å². The van der Waals surface area contributed by atoms with Crippen LogP contribution in [0, 0.1) is 0 Å². The molecule has 1 aliphatic carbocycles. The van der Waals surface area contributed by atoms with Gasteiger partial charge in [0.15, 0.2) is 11.5 Å². The van der Waals surface area contributed by atoms with Crippen molar-refractivity contribution in [3.05, 3.63) is 71.9 Å². The highest BCUT2D eigenvalue weighted by atomic mass is 16.7. The number of fused-ring (bicyclic) bond motifs is 1. The van der Waals surface area contributed by atoms with E-state index in [0.29, 0.717) is 28.4 Å². The highest BCUT2D eigenvalue weighted by molar-refractivity contribution is 6.01. The summed E-state index contributed by atoms with van der Waals surface area (Å²) in [7, 11) is 0.